The van der Waals surface area contributed by atoms with Gasteiger partial charge >= 0.3 is 0 Å². The van der Waals surface area contributed by atoms with Gasteiger partial charge in [-0.3, -0.25) is 0 Å². The smallest absolute Gasteiger partial charge is 0.187 e. The van der Waals surface area contributed by atoms with E-state index in [4.69, 9.17) is 28.4 Å². The Morgan fingerprint density at radius 2 is 1.40 bits per heavy atom. The summed E-state index contributed by atoms with van der Waals surface area (Å²) in [5.41, 5.74) is 0.0762. The molecule has 23 atom stereocenters. The molecule has 0 aromatic heterocycles. The monoisotopic (exact) mass is 756 g/mol. The fourth-order valence-corrected chi connectivity index (χ4v) is 13.2. The number of hydrogen-bond donors (Lipinski definition) is 8. The van der Waals surface area contributed by atoms with E-state index in [1.165, 1.54) is 0 Å². The van der Waals surface area contributed by atoms with Gasteiger partial charge in [0.1, 0.15) is 48.8 Å². The quantitative estimate of drug-likeness (QED) is 0.173. The van der Waals surface area contributed by atoms with Gasteiger partial charge in [-0.25, -0.2) is 0 Å². The molecular formula is C39H64O14. The molecule has 304 valence electrons. The molecule has 0 radical (unpaired) electrons. The Morgan fingerprint density at radius 1 is 0.698 bits per heavy atom. The second-order valence-corrected chi connectivity index (χ2v) is 18.9. The molecule has 14 nitrogen and oxygen atoms in total. The molecule has 0 bridgehead atoms. The van der Waals surface area contributed by atoms with E-state index in [-0.39, 0.29) is 22.9 Å². The van der Waals surface area contributed by atoms with Gasteiger partial charge in [0.15, 0.2) is 18.4 Å². The maximum absolute atomic E-state index is 11.8. The zero-order valence-electron chi connectivity index (χ0n) is 31.6. The molecule has 8 fully saturated rings. The highest BCUT2D eigenvalue weighted by atomic mass is 16.8. The lowest BCUT2D eigenvalue weighted by atomic mass is 9.44. The molecule has 8 rings (SSSR count). The third kappa shape index (κ3) is 6.20. The predicted molar refractivity (Wildman–Crippen MR) is 184 cm³/mol. The molecule has 12 unspecified atom stereocenters. The van der Waals surface area contributed by atoms with Crippen LogP contribution in [0.3, 0.4) is 0 Å². The van der Waals surface area contributed by atoms with Gasteiger partial charge in [-0.15, -0.1) is 0 Å². The Morgan fingerprint density at radius 3 is 2.08 bits per heavy atom. The standard InChI is InChI=1S/C39H64O14/c1-17-7-10-39(48-16-17)18(2)28-25(53-39)12-22-20-6-5-19-11-24(23(42)13-38(19,4)21(20)8-9-37(22,28)3)49-36-34(32(46)30(44)27(15-41)51-36)52-35-33(47)31(45)29(43)26(14-40)50-35/h17-36,40-47H,5-16H2,1-4H3/t17-,18-,19+,20?,21?,22?,23-,24+,25?,26?,27?,28?,29+,30-,31?,32?,33?,34?,35-,36+,37-,38-,39?/m0/s1. The van der Waals surface area contributed by atoms with E-state index in [1.807, 2.05) is 0 Å². The Hall–Kier alpha value is -0.560. The van der Waals surface area contributed by atoms with Crippen LogP contribution in [0, 0.1) is 52.3 Å². The molecule has 4 aliphatic carbocycles. The maximum atomic E-state index is 11.8. The van der Waals surface area contributed by atoms with Crippen LogP contribution in [0.5, 0.6) is 0 Å². The largest absolute Gasteiger partial charge is 0.394 e. The van der Waals surface area contributed by atoms with Crippen LogP contribution in [-0.2, 0) is 28.4 Å². The molecule has 0 aromatic carbocycles. The van der Waals surface area contributed by atoms with Crippen molar-refractivity contribution in [2.75, 3.05) is 19.8 Å². The lowest BCUT2D eigenvalue weighted by Gasteiger charge is -2.62. The topological polar surface area (TPSA) is 217 Å². The van der Waals surface area contributed by atoms with Gasteiger partial charge in [0.25, 0.3) is 0 Å². The average Bonchev–Trinajstić information content (AvgIpc) is 3.58. The van der Waals surface area contributed by atoms with Gasteiger partial charge in [0, 0.05) is 12.3 Å². The number of hydrogen-bond acceptors (Lipinski definition) is 14. The van der Waals surface area contributed by atoms with Crippen LogP contribution in [0.15, 0.2) is 0 Å². The van der Waals surface area contributed by atoms with Crippen molar-refractivity contribution in [1.82, 2.24) is 0 Å². The summed E-state index contributed by atoms with van der Waals surface area (Å²) in [6.07, 6.45) is -8.11. The Balaban J connectivity index is 0.962. The molecule has 53 heavy (non-hydrogen) atoms. The lowest BCUT2D eigenvalue weighted by molar-refractivity contribution is -0.376. The first-order valence-corrected chi connectivity index (χ1v) is 20.4. The van der Waals surface area contributed by atoms with Crippen molar-refractivity contribution in [3.8, 4) is 0 Å². The van der Waals surface area contributed by atoms with Crippen LogP contribution >= 0.6 is 0 Å². The molecule has 4 saturated carbocycles. The molecule has 14 heteroatoms. The third-order valence-corrected chi connectivity index (χ3v) is 16.2. The molecule has 4 saturated heterocycles. The van der Waals surface area contributed by atoms with E-state index in [0.29, 0.717) is 48.3 Å². The number of ether oxygens (including phenoxy) is 6. The minimum atomic E-state index is -1.76. The van der Waals surface area contributed by atoms with E-state index in [0.717, 1.165) is 51.6 Å². The third-order valence-electron chi connectivity index (χ3n) is 16.2. The highest BCUT2D eigenvalue weighted by Crippen LogP contribution is 2.71. The van der Waals surface area contributed by atoms with E-state index in [2.05, 4.69) is 27.7 Å². The van der Waals surface area contributed by atoms with Crippen molar-refractivity contribution < 1.29 is 69.3 Å². The number of rotatable bonds is 6. The highest BCUT2D eigenvalue weighted by molar-refractivity contribution is 5.16. The van der Waals surface area contributed by atoms with Gasteiger partial charge in [-0.2, -0.15) is 0 Å². The molecule has 8 N–H and O–H groups in total. The number of fused-ring (bicyclic) bond motifs is 7. The molecule has 0 amide bonds. The van der Waals surface area contributed by atoms with Crippen LogP contribution < -0.4 is 0 Å². The maximum Gasteiger partial charge on any atom is 0.187 e. The van der Waals surface area contributed by atoms with Crippen molar-refractivity contribution in [3.05, 3.63) is 0 Å². The van der Waals surface area contributed by atoms with Crippen molar-refractivity contribution in [3.63, 3.8) is 0 Å². The molecule has 4 aliphatic heterocycles. The predicted octanol–water partition coefficient (Wildman–Crippen LogP) is 0.413. The minimum Gasteiger partial charge on any atom is -0.394 e. The molecular weight excluding hydrogens is 692 g/mol. The fraction of sp³-hybridized carbons (Fsp3) is 1.00. The van der Waals surface area contributed by atoms with Crippen LogP contribution in [-0.4, -0.2) is 146 Å². The number of aliphatic hydroxyl groups excluding tert-OH is 8. The van der Waals surface area contributed by atoms with Gasteiger partial charge < -0.3 is 69.3 Å². The summed E-state index contributed by atoms with van der Waals surface area (Å²) in [6, 6.07) is 0. The Labute approximate surface area is 312 Å². The zero-order chi connectivity index (χ0) is 37.8. The van der Waals surface area contributed by atoms with Crippen LogP contribution in [0.4, 0.5) is 0 Å². The minimum absolute atomic E-state index is 0.111. The summed E-state index contributed by atoms with van der Waals surface area (Å²) in [4.78, 5) is 0. The van der Waals surface area contributed by atoms with E-state index in [9.17, 15) is 40.9 Å². The zero-order valence-corrected chi connectivity index (χ0v) is 31.6. The van der Waals surface area contributed by atoms with E-state index >= 15 is 0 Å². The van der Waals surface area contributed by atoms with E-state index in [1.54, 1.807) is 0 Å². The van der Waals surface area contributed by atoms with Crippen molar-refractivity contribution in [2.24, 2.45) is 52.3 Å². The first kappa shape index (κ1) is 39.3. The Bertz CT molecular complexity index is 1300. The Kier molecular flexibility index (Phi) is 10.6. The molecule has 0 aromatic rings. The summed E-state index contributed by atoms with van der Waals surface area (Å²) in [5.74, 6) is 2.78. The second kappa shape index (κ2) is 14.4. The first-order valence-electron chi connectivity index (χ1n) is 20.4. The summed E-state index contributed by atoms with van der Waals surface area (Å²) < 4.78 is 37.2. The summed E-state index contributed by atoms with van der Waals surface area (Å²) >= 11 is 0. The van der Waals surface area contributed by atoms with Gasteiger partial charge in [0.2, 0.25) is 0 Å². The fourth-order valence-electron chi connectivity index (χ4n) is 13.2. The van der Waals surface area contributed by atoms with Crippen molar-refractivity contribution >= 4 is 0 Å². The molecule has 8 aliphatic rings. The average molecular weight is 757 g/mol. The summed E-state index contributed by atoms with van der Waals surface area (Å²) in [6.45, 7) is 8.96. The van der Waals surface area contributed by atoms with Crippen LogP contribution in [0.2, 0.25) is 0 Å². The molecule has 4 heterocycles. The van der Waals surface area contributed by atoms with Crippen molar-refractivity contribution in [2.45, 2.75) is 171 Å². The lowest BCUT2D eigenvalue weighted by Crippen LogP contribution is -2.65. The highest BCUT2D eigenvalue weighted by Gasteiger charge is 2.69. The van der Waals surface area contributed by atoms with Gasteiger partial charge in [-0.05, 0) is 97.7 Å². The first-order chi connectivity index (χ1) is 25.2. The second-order valence-electron chi connectivity index (χ2n) is 18.9. The van der Waals surface area contributed by atoms with E-state index < -0.39 is 92.6 Å². The van der Waals surface area contributed by atoms with Gasteiger partial charge in [-0.1, -0.05) is 27.7 Å². The SMILES string of the molecule is C[C@H]1CCC2(OC1)OC1CC3C4CC[C@@H]5C[C@@H](O[C@@H]6OC(CO)[C@H](O)C(O)C6O[C@@H]6OC(CO)[C@@H](O)C(O)C6O)[C@@H](O)C[C@]5(C)C4CC[C@]3(C)C1[C@@H]2C. The van der Waals surface area contributed by atoms with Gasteiger partial charge in [0.05, 0.1) is 38.1 Å². The summed E-state index contributed by atoms with van der Waals surface area (Å²) in [7, 11) is 0. The summed E-state index contributed by atoms with van der Waals surface area (Å²) in [5, 5.41) is 84.5. The molecule has 1 spiro atoms. The number of aliphatic hydroxyl groups is 8. The normalized spacial score (nSPS) is 59.5. The van der Waals surface area contributed by atoms with Crippen LogP contribution in [0.1, 0.15) is 85.5 Å². The van der Waals surface area contributed by atoms with Crippen LogP contribution in [0.25, 0.3) is 0 Å². The van der Waals surface area contributed by atoms with Crippen molar-refractivity contribution in [1.29, 1.82) is 0 Å².